The zero-order chi connectivity index (χ0) is 12.8. The van der Waals surface area contributed by atoms with Crippen molar-refractivity contribution in [1.29, 1.82) is 0 Å². The van der Waals surface area contributed by atoms with Gasteiger partial charge < -0.3 is 16.4 Å². The Morgan fingerprint density at radius 1 is 1.11 bits per heavy atom. The van der Waals surface area contributed by atoms with Gasteiger partial charge in [0.1, 0.15) is 18.0 Å². The molecule has 18 heavy (non-hydrogen) atoms. The Kier molecular flexibility index (Phi) is 4.49. The smallest absolute Gasteiger partial charge is 0.135 e. The first kappa shape index (κ1) is 12.8. The van der Waals surface area contributed by atoms with Gasteiger partial charge in [-0.2, -0.15) is 0 Å². The molecule has 1 aromatic heterocycles. The molecule has 1 heterocycles. The number of nitrogens with one attached hydrogen (secondary N) is 2. The summed E-state index contributed by atoms with van der Waals surface area (Å²) in [4.78, 5) is 8.27. The van der Waals surface area contributed by atoms with Gasteiger partial charge in [-0.3, -0.25) is 0 Å². The fraction of sp³-hybridized carbons (Fsp3) is 0.167. The summed E-state index contributed by atoms with van der Waals surface area (Å²) in [6.07, 6.45) is 1.51. The van der Waals surface area contributed by atoms with Crippen molar-refractivity contribution in [2.45, 2.75) is 0 Å². The lowest BCUT2D eigenvalue weighted by molar-refractivity contribution is 1.00. The number of rotatable bonds is 5. The molecule has 6 heteroatoms. The van der Waals surface area contributed by atoms with Crippen LogP contribution in [0.2, 0.25) is 0 Å². The summed E-state index contributed by atoms with van der Waals surface area (Å²) in [5, 5.41) is 6.31. The average Bonchev–Trinajstić information content (AvgIpc) is 2.40. The summed E-state index contributed by atoms with van der Waals surface area (Å²) in [6, 6.07) is 9.73. The van der Waals surface area contributed by atoms with Gasteiger partial charge in [-0.1, -0.05) is 15.9 Å². The molecule has 0 aliphatic rings. The van der Waals surface area contributed by atoms with Crippen molar-refractivity contribution < 1.29 is 0 Å². The van der Waals surface area contributed by atoms with Crippen molar-refractivity contribution in [3.05, 3.63) is 41.1 Å². The molecule has 0 amide bonds. The molecule has 2 rings (SSSR count). The lowest BCUT2D eigenvalue weighted by Gasteiger charge is -2.08. The molecule has 0 aliphatic carbocycles. The van der Waals surface area contributed by atoms with E-state index in [2.05, 4.69) is 36.5 Å². The van der Waals surface area contributed by atoms with Crippen LogP contribution in [-0.2, 0) is 0 Å². The van der Waals surface area contributed by atoms with Gasteiger partial charge in [-0.25, -0.2) is 9.97 Å². The van der Waals surface area contributed by atoms with Crippen molar-refractivity contribution >= 4 is 33.3 Å². The van der Waals surface area contributed by atoms with Gasteiger partial charge in [0, 0.05) is 29.3 Å². The van der Waals surface area contributed by atoms with E-state index in [1.165, 1.54) is 6.33 Å². The quantitative estimate of drug-likeness (QED) is 0.790. The average molecular weight is 308 g/mol. The highest BCUT2D eigenvalue weighted by Crippen LogP contribution is 2.18. The first-order chi connectivity index (χ1) is 8.78. The summed E-state index contributed by atoms with van der Waals surface area (Å²) < 4.78 is 1.04. The number of hydrogen-bond donors (Lipinski definition) is 3. The van der Waals surface area contributed by atoms with Crippen LogP contribution >= 0.6 is 15.9 Å². The van der Waals surface area contributed by atoms with Gasteiger partial charge in [-0.05, 0) is 24.3 Å². The van der Waals surface area contributed by atoms with Gasteiger partial charge in [0.15, 0.2) is 0 Å². The van der Waals surface area contributed by atoms with Crippen LogP contribution in [0.3, 0.4) is 0 Å². The van der Waals surface area contributed by atoms with Crippen molar-refractivity contribution in [2.75, 3.05) is 23.7 Å². The number of anilines is 3. The predicted molar refractivity (Wildman–Crippen MR) is 77.0 cm³/mol. The maximum atomic E-state index is 5.43. The van der Waals surface area contributed by atoms with Gasteiger partial charge in [0.05, 0.1) is 0 Å². The molecule has 1 aromatic carbocycles. The van der Waals surface area contributed by atoms with Crippen molar-refractivity contribution in [1.82, 2.24) is 9.97 Å². The molecule has 0 spiro atoms. The number of hydrogen-bond acceptors (Lipinski definition) is 5. The maximum absolute atomic E-state index is 5.43. The van der Waals surface area contributed by atoms with Crippen LogP contribution in [0.5, 0.6) is 0 Å². The predicted octanol–water partition coefficient (Wildman–Crippen LogP) is 2.35. The highest BCUT2D eigenvalue weighted by Gasteiger charge is 1.99. The number of aromatic nitrogens is 2. The van der Waals surface area contributed by atoms with Crippen LogP contribution < -0.4 is 16.4 Å². The van der Waals surface area contributed by atoms with E-state index in [0.717, 1.165) is 21.8 Å². The summed E-state index contributed by atoms with van der Waals surface area (Å²) in [5.41, 5.74) is 6.40. The van der Waals surface area contributed by atoms with Crippen LogP contribution in [0.4, 0.5) is 17.3 Å². The Balaban J connectivity index is 2.06. The summed E-state index contributed by atoms with van der Waals surface area (Å²) in [5.74, 6) is 1.50. The second-order valence-electron chi connectivity index (χ2n) is 3.64. The van der Waals surface area contributed by atoms with Crippen LogP contribution in [0.1, 0.15) is 0 Å². The third-order valence-corrected chi connectivity index (χ3v) is 2.76. The van der Waals surface area contributed by atoms with E-state index in [4.69, 9.17) is 5.73 Å². The molecule has 0 bridgehead atoms. The van der Waals surface area contributed by atoms with Crippen LogP contribution in [0, 0.1) is 0 Å². The molecule has 0 unspecified atom stereocenters. The van der Waals surface area contributed by atoms with Gasteiger partial charge >= 0.3 is 0 Å². The Hall–Kier alpha value is -1.66. The Bertz CT molecular complexity index is 500. The molecule has 0 saturated carbocycles. The zero-order valence-corrected chi connectivity index (χ0v) is 11.3. The Labute approximate surface area is 114 Å². The summed E-state index contributed by atoms with van der Waals surface area (Å²) in [6.45, 7) is 1.26. The highest BCUT2D eigenvalue weighted by atomic mass is 79.9. The molecule has 4 N–H and O–H groups in total. The minimum absolute atomic E-state index is 0.569. The SMILES string of the molecule is NCCNc1cc(Nc2ccc(Br)cc2)ncn1. The fourth-order valence-corrected chi connectivity index (χ4v) is 1.67. The van der Waals surface area contributed by atoms with E-state index in [1.54, 1.807) is 0 Å². The van der Waals surface area contributed by atoms with E-state index in [0.29, 0.717) is 13.1 Å². The lowest BCUT2D eigenvalue weighted by atomic mass is 10.3. The molecule has 0 atom stereocenters. The van der Waals surface area contributed by atoms with Gasteiger partial charge in [0.25, 0.3) is 0 Å². The minimum atomic E-state index is 0.569. The molecule has 94 valence electrons. The van der Waals surface area contributed by atoms with Crippen molar-refractivity contribution in [3.8, 4) is 0 Å². The van der Waals surface area contributed by atoms with E-state index in [-0.39, 0.29) is 0 Å². The second-order valence-corrected chi connectivity index (χ2v) is 4.55. The summed E-state index contributed by atoms with van der Waals surface area (Å²) >= 11 is 3.40. The Morgan fingerprint density at radius 3 is 2.56 bits per heavy atom. The summed E-state index contributed by atoms with van der Waals surface area (Å²) in [7, 11) is 0. The molecule has 2 aromatic rings. The first-order valence-corrected chi connectivity index (χ1v) is 6.36. The van der Waals surface area contributed by atoms with Crippen LogP contribution in [-0.4, -0.2) is 23.1 Å². The fourth-order valence-electron chi connectivity index (χ4n) is 1.40. The standard InChI is InChI=1S/C12H14BrN5/c13-9-1-3-10(4-2-9)18-12-7-11(15-6-5-14)16-8-17-12/h1-4,7-8H,5-6,14H2,(H2,15,16,17,18). The number of benzene rings is 1. The van der Waals surface area contributed by atoms with Crippen LogP contribution in [0.25, 0.3) is 0 Å². The zero-order valence-electron chi connectivity index (χ0n) is 9.73. The molecular formula is C12H14BrN5. The monoisotopic (exact) mass is 307 g/mol. The third kappa shape index (κ3) is 3.68. The number of halogens is 1. The largest absolute Gasteiger partial charge is 0.369 e. The van der Waals surface area contributed by atoms with Crippen molar-refractivity contribution in [2.24, 2.45) is 5.73 Å². The van der Waals surface area contributed by atoms with E-state index in [1.807, 2.05) is 30.3 Å². The maximum Gasteiger partial charge on any atom is 0.135 e. The lowest BCUT2D eigenvalue weighted by Crippen LogP contribution is -2.14. The third-order valence-electron chi connectivity index (χ3n) is 2.23. The van der Waals surface area contributed by atoms with Crippen molar-refractivity contribution in [3.63, 3.8) is 0 Å². The molecule has 0 radical (unpaired) electrons. The van der Waals surface area contributed by atoms with Crippen LogP contribution in [0.15, 0.2) is 41.1 Å². The minimum Gasteiger partial charge on any atom is -0.369 e. The molecular weight excluding hydrogens is 294 g/mol. The first-order valence-electron chi connectivity index (χ1n) is 5.56. The van der Waals surface area contributed by atoms with E-state index >= 15 is 0 Å². The number of nitrogens with two attached hydrogens (primary N) is 1. The second kappa shape index (κ2) is 6.32. The highest BCUT2D eigenvalue weighted by molar-refractivity contribution is 9.10. The van der Waals surface area contributed by atoms with E-state index in [9.17, 15) is 0 Å². The molecule has 0 aliphatic heterocycles. The normalized spacial score (nSPS) is 10.1. The molecule has 0 saturated heterocycles. The van der Waals surface area contributed by atoms with Gasteiger partial charge in [0.2, 0.25) is 0 Å². The van der Waals surface area contributed by atoms with E-state index < -0.39 is 0 Å². The number of nitrogens with zero attached hydrogens (tertiary/aromatic N) is 2. The Morgan fingerprint density at radius 2 is 1.83 bits per heavy atom. The molecule has 0 fully saturated rings. The van der Waals surface area contributed by atoms with Gasteiger partial charge in [-0.15, -0.1) is 0 Å². The topological polar surface area (TPSA) is 75.9 Å². The molecule has 5 nitrogen and oxygen atoms in total.